The molecule has 2 saturated heterocycles. The van der Waals surface area contributed by atoms with Crippen LogP contribution in [0.3, 0.4) is 0 Å². The number of benzene rings is 1. The molecule has 0 N–H and O–H groups in total. The molecule has 2 aliphatic rings. The number of nitrogens with zero attached hydrogens (tertiary/aromatic N) is 1. The maximum atomic E-state index is 12.4. The summed E-state index contributed by atoms with van der Waals surface area (Å²) in [6.45, 7) is 6.96. The number of piperidine rings is 1. The molecule has 1 aromatic carbocycles. The summed E-state index contributed by atoms with van der Waals surface area (Å²) in [5.74, 6) is 0. The van der Waals surface area contributed by atoms with Crippen LogP contribution in [0.2, 0.25) is 0 Å². The zero-order valence-electron chi connectivity index (χ0n) is 17.0. The fraction of sp³-hybridized carbons (Fsp3) is 0.714. The first-order valence-electron chi connectivity index (χ1n) is 10.3. The lowest BCUT2D eigenvalue weighted by Crippen LogP contribution is -2.53. The Kier molecular flexibility index (Phi) is 7.50. The normalized spacial score (nSPS) is 23.3. The highest BCUT2D eigenvalue weighted by Crippen LogP contribution is 2.37. The molecule has 2 aliphatic heterocycles. The minimum absolute atomic E-state index is 0.155. The van der Waals surface area contributed by atoms with Crippen LogP contribution < -0.4 is 0 Å². The first kappa shape index (κ1) is 21.7. The second-order valence-corrected chi connectivity index (χ2v) is 10.5. The maximum Gasteiger partial charge on any atom is 0.216 e. The first-order valence-corrected chi connectivity index (χ1v) is 11.8. The highest BCUT2D eigenvalue weighted by molar-refractivity contribution is 7.89. The lowest BCUT2D eigenvalue weighted by molar-refractivity contribution is -0.153. The Hall–Kier alpha value is -0.990. The van der Waals surface area contributed by atoms with Crippen molar-refractivity contribution < 1.29 is 22.6 Å². The Balaban J connectivity index is 1.39. The second kappa shape index (κ2) is 9.67. The van der Waals surface area contributed by atoms with Crippen LogP contribution in [-0.2, 0) is 30.8 Å². The number of sulfonamides is 1. The van der Waals surface area contributed by atoms with Gasteiger partial charge < -0.3 is 14.2 Å². The van der Waals surface area contributed by atoms with Crippen LogP contribution >= 0.6 is 0 Å². The van der Waals surface area contributed by atoms with E-state index < -0.39 is 10.0 Å². The lowest BCUT2D eigenvalue weighted by atomic mass is 9.84. The van der Waals surface area contributed by atoms with Gasteiger partial charge in [0.05, 0.1) is 36.8 Å². The van der Waals surface area contributed by atoms with E-state index >= 15 is 0 Å². The molecule has 7 heteroatoms. The SMILES string of the molecule is CC(C)S(=O)(=O)N1CCC2(CC1)CC(OCCOCc1ccccc1)CCO2. The van der Waals surface area contributed by atoms with E-state index in [4.69, 9.17) is 14.2 Å². The monoisotopic (exact) mass is 411 g/mol. The van der Waals surface area contributed by atoms with Gasteiger partial charge in [-0.2, -0.15) is 0 Å². The van der Waals surface area contributed by atoms with Gasteiger partial charge in [0.25, 0.3) is 0 Å². The van der Waals surface area contributed by atoms with Crippen LogP contribution in [0.5, 0.6) is 0 Å². The van der Waals surface area contributed by atoms with E-state index in [9.17, 15) is 8.42 Å². The summed E-state index contributed by atoms with van der Waals surface area (Å²) in [6, 6.07) is 10.1. The smallest absolute Gasteiger partial charge is 0.216 e. The van der Waals surface area contributed by atoms with E-state index in [1.807, 2.05) is 18.2 Å². The predicted octanol–water partition coefficient (Wildman–Crippen LogP) is 2.97. The second-order valence-electron chi connectivity index (χ2n) is 8.05. The van der Waals surface area contributed by atoms with Crippen molar-refractivity contribution in [3.63, 3.8) is 0 Å². The maximum absolute atomic E-state index is 12.4. The molecule has 1 atom stereocenters. The third-order valence-corrected chi connectivity index (χ3v) is 8.01. The van der Waals surface area contributed by atoms with Gasteiger partial charge in [-0.25, -0.2) is 12.7 Å². The van der Waals surface area contributed by atoms with Crippen LogP contribution in [0.15, 0.2) is 30.3 Å². The minimum atomic E-state index is -3.18. The molecule has 3 rings (SSSR count). The fourth-order valence-corrected chi connectivity index (χ4v) is 5.25. The Morgan fingerprint density at radius 3 is 2.57 bits per heavy atom. The van der Waals surface area contributed by atoms with Gasteiger partial charge in [0, 0.05) is 26.1 Å². The average molecular weight is 412 g/mol. The molecule has 28 heavy (non-hydrogen) atoms. The molecule has 6 nitrogen and oxygen atoms in total. The van der Waals surface area contributed by atoms with Gasteiger partial charge in [-0.05, 0) is 38.7 Å². The van der Waals surface area contributed by atoms with Gasteiger partial charge in [0.1, 0.15) is 0 Å². The van der Waals surface area contributed by atoms with Crippen molar-refractivity contribution in [2.75, 3.05) is 32.9 Å². The van der Waals surface area contributed by atoms with Gasteiger partial charge in [-0.15, -0.1) is 0 Å². The van der Waals surface area contributed by atoms with E-state index in [2.05, 4.69) is 12.1 Å². The van der Waals surface area contributed by atoms with Crippen LogP contribution in [0, 0.1) is 0 Å². The summed E-state index contributed by atoms with van der Waals surface area (Å²) >= 11 is 0. The van der Waals surface area contributed by atoms with Gasteiger partial charge in [-0.1, -0.05) is 30.3 Å². The van der Waals surface area contributed by atoms with Gasteiger partial charge >= 0.3 is 0 Å². The topological polar surface area (TPSA) is 65.1 Å². The molecule has 2 fully saturated rings. The van der Waals surface area contributed by atoms with Crippen molar-refractivity contribution in [2.45, 2.75) is 63.1 Å². The van der Waals surface area contributed by atoms with E-state index in [0.717, 1.165) is 31.2 Å². The van der Waals surface area contributed by atoms with Crippen molar-refractivity contribution >= 4 is 10.0 Å². The Morgan fingerprint density at radius 2 is 1.89 bits per heavy atom. The van der Waals surface area contributed by atoms with Crippen LogP contribution in [-0.4, -0.2) is 62.6 Å². The highest BCUT2D eigenvalue weighted by Gasteiger charge is 2.43. The summed E-state index contributed by atoms with van der Waals surface area (Å²) in [6.07, 6.45) is 3.35. The molecule has 0 saturated carbocycles. The molecule has 158 valence electrons. The number of hydrogen-bond acceptors (Lipinski definition) is 5. The van der Waals surface area contributed by atoms with Crippen molar-refractivity contribution in [3.05, 3.63) is 35.9 Å². The Morgan fingerprint density at radius 1 is 1.18 bits per heavy atom. The zero-order valence-corrected chi connectivity index (χ0v) is 17.8. The average Bonchev–Trinajstić information content (AvgIpc) is 2.69. The van der Waals surface area contributed by atoms with Crippen molar-refractivity contribution in [2.24, 2.45) is 0 Å². The third kappa shape index (κ3) is 5.54. The number of rotatable bonds is 8. The molecule has 1 spiro atoms. The third-order valence-electron chi connectivity index (χ3n) is 5.73. The van der Waals surface area contributed by atoms with E-state index in [-0.39, 0.29) is 17.0 Å². The van der Waals surface area contributed by atoms with Crippen molar-refractivity contribution in [1.82, 2.24) is 4.31 Å². The van der Waals surface area contributed by atoms with Crippen LogP contribution in [0.1, 0.15) is 45.1 Å². The molecule has 0 bridgehead atoms. The molecule has 0 aromatic heterocycles. The highest BCUT2D eigenvalue weighted by atomic mass is 32.2. The van der Waals surface area contributed by atoms with Crippen molar-refractivity contribution in [1.29, 1.82) is 0 Å². The van der Waals surface area contributed by atoms with E-state index in [1.54, 1.807) is 18.2 Å². The Labute approximate surface area is 169 Å². The minimum Gasteiger partial charge on any atom is -0.376 e. The molecular weight excluding hydrogens is 378 g/mol. The van der Waals surface area contributed by atoms with E-state index in [0.29, 0.717) is 39.5 Å². The molecular formula is C21H33NO5S. The van der Waals surface area contributed by atoms with Gasteiger partial charge in [0.2, 0.25) is 10.0 Å². The predicted molar refractivity (Wildman–Crippen MR) is 109 cm³/mol. The zero-order chi connectivity index (χ0) is 20.0. The molecule has 1 aromatic rings. The van der Waals surface area contributed by atoms with Crippen molar-refractivity contribution in [3.8, 4) is 0 Å². The summed E-state index contributed by atoms with van der Waals surface area (Å²) in [7, 11) is -3.18. The number of hydrogen-bond donors (Lipinski definition) is 0. The molecule has 0 aliphatic carbocycles. The quantitative estimate of drug-likeness (QED) is 0.616. The largest absolute Gasteiger partial charge is 0.376 e. The Bertz CT molecular complexity index is 699. The van der Waals surface area contributed by atoms with Crippen LogP contribution in [0.4, 0.5) is 0 Å². The summed E-state index contributed by atoms with van der Waals surface area (Å²) in [5, 5.41) is -0.374. The summed E-state index contributed by atoms with van der Waals surface area (Å²) in [5.41, 5.74) is 0.923. The fourth-order valence-electron chi connectivity index (χ4n) is 3.96. The standard InChI is InChI=1S/C21H33NO5S/c1-18(2)28(23,24)22-11-9-21(10-12-22)16-20(8-13-27-21)26-15-14-25-17-19-6-4-3-5-7-19/h3-7,18,20H,8-17H2,1-2H3. The molecule has 1 unspecified atom stereocenters. The molecule has 0 amide bonds. The van der Waals surface area contributed by atoms with Gasteiger partial charge in [0.15, 0.2) is 0 Å². The summed E-state index contributed by atoms with van der Waals surface area (Å²) < 4.78 is 44.2. The molecule has 0 radical (unpaired) electrons. The lowest BCUT2D eigenvalue weighted by Gasteiger charge is -2.45. The number of ether oxygens (including phenoxy) is 3. The van der Waals surface area contributed by atoms with E-state index in [1.165, 1.54) is 0 Å². The van der Waals surface area contributed by atoms with Gasteiger partial charge in [-0.3, -0.25) is 0 Å². The summed E-state index contributed by atoms with van der Waals surface area (Å²) in [4.78, 5) is 0. The van der Waals surface area contributed by atoms with Crippen LogP contribution in [0.25, 0.3) is 0 Å². The first-order chi connectivity index (χ1) is 13.4. The molecule has 2 heterocycles.